The molecule has 0 aliphatic heterocycles. The summed E-state index contributed by atoms with van der Waals surface area (Å²) in [6.07, 6.45) is -1.01. The molecule has 0 radical (unpaired) electrons. The van der Waals surface area contributed by atoms with E-state index in [2.05, 4.69) is 0 Å². The molecular weight excluding hydrogens is 360 g/mol. The summed E-state index contributed by atoms with van der Waals surface area (Å²) in [5.74, 6) is -1.46. The van der Waals surface area contributed by atoms with Crippen LogP contribution >= 0.6 is 0 Å². The van der Waals surface area contributed by atoms with E-state index in [0.717, 1.165) is 0 Å². The van der Waals surface area contributed by atoms with Gasteiger partial charge in [-0.15, -0.1) is 0 Å². The van der Waals surface area contributed by atoms with Crippen LogP contribution in [-0.2, 0) is 30.4 Å². The molecule has 0 amide bonds. The predicted octanol–water partition coefficient (Wildman–Crippen LogP) is -1.06. The van der Waals surface area contributed by atoms with E-state index >= 15 is 0 Å². The first-order chi connectivity index (χ1) is 9.80. The van der Waals surface area contributed by atoms with Crippen molar-refractivity contribution in [1.29, 1.82) is 0 Å². The van der Waals surface area contributed by atoms with Gasteiger partial charge in [-0.3, -0.25) is 0 Å². The molecule has 22 heavy (non-hydrogen) atoms. The molecule has 2 aliphatic carbocycles. The van der Waals surface area contributed by atoms with Gasteiger partial charge in [-0.25, -0.2) is 25.3 Å². The van der Waals surface area contributed by atoms with Crippen molar-refractivity contribution in [2.24, 2.45) is 11.8 Å². The van der Waals surface area contributed by atoms with Gasteiger partial charge < -0.3 is 13.7 Å². The quantitative estimate of drug-likeness (QED) is 0.557. The van der Waals surface area contributed by atoms with Crippen LogP contribution in [0.25, 0.3) is 0 Å². The van der Waals surface area contributed by atoms with Crippen molar-refractivity contribution < 1.29 is 38.9 Å². The standard InChI is InChI=1S/C10H18O9S3/c11-20(12,13)7-1-2-9-6(3-7)4-8(21(14,15)16)5-10(9)22(17,18)19/h6-10H,1-5H2,(H,11,12,13)(H,14,15,16)(H,17,18,19)/p-3. The molecule has 130 valence electrons. The average Bonchev–Trinajstić information content (AvgIpc) is 2.33. The van der Waals surface area contributed by atoms with Crippen molar-refractivity contribution in [2.45, 2.75) is 47.9 Å². The van der Waals surface area contributed by atoms with E-state index in [1.807, 2.05) is 0 Å². The summed E-state index contributed by atoms with van der Waals surface area (Å²) in [6.45, 7) is 0. The highest BCUT2D eigenvalue weighted by Gasteiger charge is 2.46. The van der Waals surface area contributed by atoms with Gasteiger partial charge in [0.25, 0.3) is 0 Å². The molecule has 0 heterocycles. The topological polar surface area (TPSA) is 172 Å². The van der Waals surface area contributed by atoms with Gasteiger partial charge in [0.15, 0.2) is 0 Å². The molecule has 2 rings (SSSR count). The fraction of sp³-hybridized carbons (Fsp3) is 1.00. The molecule has 5 unspecified atom stereocenters. The maximum absolute atomic E-state index is 11.4. The van der Waals surface area contributed by atoms with Crippen LogP contribution in [0.1, 0.15) is 32.1 Å². The number of hydrogen-bond donors (Lipinski definition) is 0. The van der Waals surface area contributed by atoms with Crippen molar-refractivity contribution in [3.63, 3.8) is 0 Å². The predicted molar refractivity (Wildman–Crippen MR) is 70.5 cm³/mol. The average molecular weight is 375 g/mol. The lowest BCUT2D eigenvalue weighted by Gasteiger charge is -2.47. The van der Waals surface area contributed by atoms with Gasteiger partial charge >= 0.3 is 0 Å². The molecule has 2 saturated carbocycles. The molecule has 9 nitrogen and oxygen atoms in total. The first-order valence-electron chi connectivity index (χ1n) is 6.64. The van der Waals surface area contributed by atoms with Gasteiger partial charge in [0, 0.05) is 5.25 Å². The Balaban J connectivity index is 2.34. The molecule has 0 saturated heterocycles. The molecule has 0 aromatic heterocycles. The zero-order chi connectivity index (χ0) is 16.9. The fourth-order valence-electron chi connectivity index (χ4n) is 3.70. The highest BCUT2D eigenvalue weighted by molar-refractivity contribution is 7.87. The highest BCUT2D eigenvalue weighted by atomic mass is 32.2. The van der Waals surface area contributed by atoms with E-state index in [9.17, 15) is 38.9 Å². The highest BCUT2D eigenvalue weighted by Crippen LogP contribution is 2.45. The molecule has 0 aromatic carbocycles. The normalized spacial score (nSPS) is 37.5. The van der Waals surface area contributed by atoms with Gasteiger partial charge in [-0.2, -0.15) is 0 Å². The Morgan fingerprint density at radius 1 is 0.636 bits per heavy atom. The zero-order valence-electron chi connectivity index (χ0n) is 11.3. The molecule has 0 bridgehead atoms. The molecule has 2 aliphatic rings. The van der Waals surface area contributed by atoms with E-state index in [4.69, 9.17) is 0 Å². The second-order valence-corrected chi connectivity index (χ2v) is 10.9. The Labute approximate surface area is 129 Å². The van der Waals surface area contributed by atoms with Gasteiger partial charge in [-0.1, -0.05) is 0 Å². The minimum absolute atomic E-state index is 0.0363. The van der Waals surface area contributed by atoms with Crippen molar-refractivity contribution >= 4 is 30.4 Å². The van der Waals surface area contributed by atoms with Crippen molar-refractivity contribution in [1.82, 2.24) is 0 Å². The Hall–Kier alpha value is -0.270. The molecule has 2 fully saturated rings. The van der Waals surface area contributed by atoms with Crippen LogP contribution in [0.2, 0.25) is 0 Å². The lowest BCUT2D eigenvalue weighted by atomic mass is 9.70. The summed E-state index contributed by atoms with van der Waals surface area (Å²) < 4.78 is 101. The molecule has 5 atom stereocenters. The zero-order valence-corrected chi connectivity index (χ0v) is 13.8. The van der Waals surface area contributed by atoms with E-state index in [-0.39, 0.29) is 25.7 Å². The van der Waals surface area contributed by atoms with Gasteiger partial charge in [0.1, 0.15) is 0 Å². The Bertz CT molecular complexity index is 735. The third-order valence-electron chi connectivity index (χ3n) is 4.72. The number of rotatable bonds is 3. The summed E-state index contributed by atoms with van der Waals surface area (Å²) >= 11 is 0. The SMILES string of the molecule is O=S(=O)([O-])C1CCC2C(C1)CC(S(=O)(=O)[O-])CC2S(=O)(=O)[O-]. The number of hydrogen-bond acceptors (Lipinski definition) is 9. The Morgan fingerprint density at radius 3 is 1.59 bits per heavy atom. The molecular formula is C10H15O9S3-3. The van der Waals surface area contributed by atoms with Crippen LogP contribution in [0.3, 0.4) is 0 Å². The molecule has 0 N–H and O–H groups in total. The Morgan fingerprint density at radius 2 is 1.14 bits per heavy atom. The minimum Gasteiger partial charge on any atom is -0.748 e. The second-order valence-electron chi connectivity index (χ2n) is 5.97. The summed E-state index contributed by atoms with van der Waals surface area (Å²) in [5.41, 5.74) is 0. The summed E-state index contributed by atoms with van der Waals surface area (Å²) in [7, 11) is -14.2. The van der Waals surface area contributed by atoms with Crippen LogP contribution < -0.4 is 0 Å². The monoisotopic (exact) mass is 375 g/mol. The lowest BCUT2D eigenvalue weighted by Crippen LogP contribution is -2.49. The van der Waals surface area contributed by atoms with E-state index in [1.165, 1.54) is 0 Å². The third kappa shape index (κ3) is 3.79. The fourth-order valence-corrected chi connectivity index (χ4v) is 6.91. The van der Waals surface area contributed by atoms with Gasteiger partial charge in [0.2, 0.25) is 0 Å². The van der Waals surface area contributed by atoms with Crippen LogP contribution in [-0.4, -0.2) is 54.7 Å². The van der Waals surface area contributed by atoms with Gasteiger partial charge in [-0.05, 0) is 43.9 Å². The van der Waals surface area contributed by atoms with Crippen molar-refractivity contribution in [3.8, 4) is 0 Å². The van der Waals surface area contributed by atoms with Gasteiger partial charge in [0.05, 0.1) is 40.9 Å². The van der Waals surface area contributed by atoms with Crippen LogP contribution in [0.15, 0.2) is 0 Å². The lowest BCUT2D eigenvalue weighted by molar-refractivity contribution is 0.166. The maximum atomic E-state index is 11.4. The van der Waals surface area contributed by atoms with Crippen molar-refractivity contribution in [2.75, 3.05) is 0 Å². The van der Waals surface area contributed by atoms with Crippen LogP contribution in [0.5, 0.6) is 0 Å². The minimum atomic E-state index is -4.82. The Kier molecular flexibility index (Phi) is 4.66. The summed E-state index contributed by atoms with van der Waals surface area (Å²) in [6, 6.07) is 0. The summed E-state index contributed by atoms with van der Waals surface area (Å²) in [4.78, 5) is 0. The second kappa shape index (κ2) is 5.67. The summed E-state index contributed by atoms with van der Waals surface area (Å²) in [5, 5.41) is -4.32. The largest absolute Gasteiger partial charge is 0.748 e. The molecule has 12 heteroatoms. The smallest absolute Gasteiger partial charge is 0.0978 e. The maximum Gasteiger partial charge on any atom is 0.0978 e. The third-order valence-corrected chi connectivity index (χ3v) is 8.45. The molecule has 0 aromatic rings. The first kappa shape index (κ1) is 18.1. The van der Waals surface area contributed by atoms with E-state index < -0.39 is 64.4 Å². The van der Waals surface area contributed by atoms with Crippen LogP contribution in [0, 0.1) is 11.8 Å². The molecule has 0 spiro atoms. The number of fused-ring (bicyclic) bond motifs is 1. The van der Waals surface area contributed by atoms with Crippen molar-refractivity contribution in [3.05, 3.63) is 0 Å². The van der Waals surface area contributed by atoms with Crippen LogP contribution in [0.4, 0.5) is 0 Å². The van der Waals surface area contributed by atoms with E-state index in [0.29, 0.717) is 0 Å². The van der Waals surface area contributed by atoms with E-state index in [1.54, 1.807) is 0 Å². The first-order valence-corrected chi connectivity index (χ1v) is 11.1.